The number of hydrogen-bond donors (Lipinski definition) is 2. The van der Waals surface area contributed by atoms with E-state index in [1.54, 1.807) is 25.3 Å². The number of amides is 1. The molecule has 0 aliphatic heterocycles. The number of thiazole rings is 1. The lowest BCUT2D eigenvalue weighted by Crippen LogP contribution is -2.08. The van der Waals surface area contributed by atoms with Gasteiger partial charge in [0.1, 0.15) is 5.75 Å². The fourth-order valence-corrected chi connectivity index (χ4v) is 2.18. The number of nitrogens with one attached hydrogen (secondary N) is 1. The highest BCUT2D eigenvalue weighted by Gasteiger charge is 2.09. The van der Waals surface area contributed by atoms with Gasteiger partial charge in [-0.1, -0.05) is 12.1 Å². The summed E-state index contributed by atoms with van der Waals surface area (Å²) < 4.78 is 5.08. The van der Waals surface area contributed by atoms with Crippen molar-refractivity contribution in [1.29, 1.82) is 0 Å². The standard InChI is InChI=1S/C14H12N2O4S/c1-20-10-4-2-3-9(7-10)5-6-12(17)16-14-15-11(8-21-14)13(18)19/h2-8H,1H3,(H,18,19)(H,15,16,17)/b6-5+. The number of aromatic carboxylic acids is 1. The fourth-order valence-electron chi connectivity index (χ4n) is 1.49. The third-order valence-corrected chi connectivity index (χ3v) is 3.23. The molecule has 0 aliphatic carbocycles. The minimum atomic E-state index is -1.13. The molecule has 1 aromatic heterocycles. The molecule has 6 nitrogen and oxygen atoms in total. The van der Waals surface area contributed by atoms with Crippen molar-refractivity contribution >= 4 is 34.4 Å². The summed E-state index contributed by atoms with van der Waals surface area (Å²) in [6, 6.07) is 7.24. The Kier molecular flexibility index (Phi) is 4.68. The van der Waals surface area contributed by atoms with E-state index in [9.17, 15) is 9.59 Å². The predicted octanol–water partition coefficient (Wildman–Crippen LogP) is 2.50. The van der Waals surface area contributed by atoms with Crippen molar-refractivity contribution in [2.45, 2.75) is 0 Å². The first-order chi connectivity index (χ1) is 10.1. The Bertz CT molecular complexity index is 694. The van der Waals surface area contributed by atoms with Gasteiger partial charge in [-0.05, 0) is 23.8 Å². The zero-order valence-electron chi connectivity index (χ0n) is 11.1. The van der Waals surface area contributed by atoms with Crippen molar-refractivity contribution < 1.29 is 19.4 Å². The molecule has 0 saturated heterocycles. The van der Waals surface area contributed by atoms with Gasteiger partial charge in [0.2, 0.25) is 5.91 Å². The Morgan fingerprint density at radius 2 is 2.24 bits per heavy atom. The minimum Gasteiger partial charge on any atom is -0.497 e. The van der Waals surface area contributed by atoms with Gasteiger partial charge in [-0.3, -0.25) is 10.1 Å². The highest BCUT2D eigenvalue weighted by molar-refractivity contribution is 7.14. The highest BCUT2D eigenvalue weighted by Crippen LogP contribution is 2.16. The van der Waals surface area contributed by atoms with E-state index in [2.05, 4.69) is 10.3 Å². The Morgan fingerprint density at radius 3 is 2.90 bits per heavy atom. The van der Waals surface area contributed by atoms with Crippen molar-refractivity contribution in [3.05, 3.63) is 47.0 Å². The van der Waals surface area contributed by atoms with Gasteiger partial charge in [0.15, 0.2) is 10.8 Å². The second-order valence-corrected chi connectivity index (χ2v) is 4.80. The number of anilines is 1. The van der Waals surface area contributed by atoms with Crippen LogP contribution in [0.15, 0.2) is 35.7 Å². The Balaban J connectivity index is 2.00. The van der Waals surface area contributed by atoms with Crippen LogP contribution in [0.3, 0.4) is 0 Å². The van der Waals surface area contributed by atoms with Gasteiger partial charge in [0.05, 0.1) is 7.11 Å². The molecule has 2 rings (SSSR count). The lowest BCUT2D eigenvalue weighted by molar-refractivity contribution is -0.111. The van der Waals surface area contributed by atoms with Gasteiger partial charge in [-0.25, -0.2) is 9.78 Å². The van der Waals surface area contributed by atoms with Gasteiger partial charge in [-0.2, -0.15) is 0 Å². The van der Waals surface area contributed by atoms with E-state index in [4.69, 9.17) is 9.84 Å². The Labute approximate surface area is 124 Å². The molecule has 21 heavy (non-hydrogen) atoms. The second-order valence-electron chi connectivity index (χ2n) is 3.94. The van der Waals surface area contributed by atoms with Crippen LogP contribution in [0.2, 0.25) is 0 Å². The van der Waals surface area contributed by atoms with E-state index in [0.29, 0.717) is 5.75 Å². The maximum absolute atomic E-state index is 11.7. The zero-order chi connectivity index (χ0) is 15.2. The highest BCUT2D eigenvalue weighted by atomic mass is 32.1. The molecule has 1 aromatic carbocycles. The summed E-state index contributed by atoms with van der Waals surface area (Å²) in [6.45, 7) is 0. The van der Waals surface area contributed by atoms with E-state index < -0.39 is 5.97 Å². The fraction of sp³-hybridized carbons (Fsp3) is 0.0714. The van der Waals surface area contributed by atoms with Crippen LogP contribution in [-0.2, 0) is 4.79 Å². The first-order valence-corrected chi connectivity index (χ1v) is 6.78. The predicted molar refractivity (Wildman–Crippen MR) is 79.7 cm³/mol. The van der Waals surface area contributed by atoms with Crippen LogP contribution < -0.4 is 10.1 Å². The van der Waals surface area contributed by atoms with Gasteiger partial charge in [-0.15, -0.1) is 11.3 Å². The van der Waals surface area contributed by atoms with E-state index >= 15 is 0 Å². The van der Waals surface area contributed by atoms with Gasteiger partial charge in [0, 0.05) is 11.5 Å². The van der Waals surface area contributed by atoms with Crippen LogP contribution >= 0.6 is 11.3 Å². The molecule has 1 heterocycles. The second kappa shape index (κ2) is 6.67. The van der Waals surface area contributed by atoms with Crippen molar-refractivity contribution in [3.8, 4) is 5.75 Å². The summed E-state index contributed by atoms with van der Waals surface area (Å²) >= 11 is 1.06. The number of rotatable bonds is 5. The number of ether oxygens (including phenoxy) is 1. The lowest BCUT2D eigenvalue weighted by atomic mass is 10.2. The van der Waals surface area contributed by atoms with Gasteiger partial charge < -0.3 is 9.84 Å². The minimum absolute atomic E-state index is 0.0907. The average molecular weight is 304 g/mol. The summed E-state index contributed by atoms with van der Waals surface area (Å²) in [5.74, 6) is -0.814. The van der Waals surface area contributed by atoms with Crippen LogP contribution in [0.4, 0.5) is 5.13 Å². The molecule has 2 N–H and O–H groups in total. The number of carboxylic acid groups (broad SMARTS) is 1. The average Bonchev–Trinajstić information content (AvgIpc) is 2.94. The zero-order valence-corrected chi connectivity index (χ0v) is 11.9. The largest absolute Gasteiger partial charge is 0.497 e. The summed E-state index contributed by atoms with van der Waals surface area (Å²) in [5.41, 5.74) is 0.724. The molecule has 0 saturated carbocycles. The molecule has 0 atom stereocenters. The Hall–Kier alpha value is -2.67. The molecule has 0 spiro atoms. The third kappa shape index (κ3) is 4.15. The number of hydrogen-bond acceptors (Lipinski definition) is 5. The number of carbonyl (C=O) groups excluding carboxylic acids is 1. The molecule has 7 heteroatoms. The molecular weight excluding hydrogens is 292 g/mol. The third-order valence-electron chi connectivity index (χ3n) is 2.47. The Morgan fingerprint density at radius 1 is 1.43 bits per heavy atom. The number of methoxy groups -OCH3 is 1. The molecule has 0 radical (unpaired) electrons. The van der Waals surface area contributed by atoms with E-state index in [1.165, 1.54) is 11.5 Å². The number of benzene rings is 1. The van der Waals surface area contributed by atoms with E-state index in [-0.39, 0.29) is 16.7 Å². The number of carboxylic acids is 1. The SMILES string of the molecule is COc1cccc(/C=C/C(=O)Nc2nc(C(=O)O)cs2)c1. The summed E-state index contributed by atoms with van der Waals surface area (Å²) in [5, 5.41) is 12.9. The topological polar surface area (TPSA) is 88.5 Å². The molecule has 2 aromatic rings. The molecule has 0 bridgehead atoms. The van der Waals surface area contributed by atoms with Gasteiger partial charge >= 0.3 is 5.97 Å². The molecule has 0 aliphatic rings. The van der Waals surface area contributed by atoms with Crippen LogP contribution in [0.25, 0.3) is 6.08 Å². The van der Waals surface area contributed by atoms with Crippen molar-refractivity contribution in [1.82, 2.24) is 4.98 Å². The van der Waals surface area contributed by atoms with Gasteiger partial charge in [0.25, 0.3) is 0 Å². The number of aromatic nitrogens is 1. The lowest BCUT2D eigenvalue weighted by Gasteiger charge is -2.00. The van der Waals surface area contributed by atoms with Crippen molar-refractivity contribution in [2.24, 2.45) is 0 Å². The summed E-state index contributed by atoms with van der Waals surface area (Å²) in [6.07, 6.45) is 2.97. The maximum atomic E-state index is 11.7. The van der Waals surface area contributed by atoms with Crippen LogP contribution in [-0.4, -0.2) is 29.1 Å². The van der Waals surface area contributed by atoms with Crippen LogP contribution in [0, 0.1) is 0 Å². The molecule has 0 fully saturated rings. The molecular formula is C14H12N2O4S. The molecule has 0 unspecified atom stereocenters. The van der Waals surface area contributed by atoms with Crippen molar-refractivity contribution in [2.75, 3.05) is 12.4 Å². The normalized spacial score (nSPS) is 10.5. The molecule has 1 amide bonds. The summed E-state index contributed by atoms with van der Waals surface area (Å²) in [7, 11) is 1.57. The maximum Gasteiger partial charge on any atom is 0.355 e. The summed E-state index contributed by atoms with van der Waals surface area (Å²) in [4.78, 5) is 26.2. The van der Waals surface area contributed by atoms with E-state index in [1.807, 2.05) is 12.1 Å². The van der Waals surface area contributed by atoms with Crippen molar-refractivity contribution in [3.63, 3.8) is 0 Å². The quantitative estimate of drug-likeness (QED) is 0.829. The van der Waals surface area contributed by atoms with Crippen LogP contribution in [0.5, 0.6) is 5.75 Å². The smallest absolute Gasteiger partial charge is 0.355 e. The van der Waals surface area contributed by atoms with Crippen LogP contribution in [0.1, 0.15) is 16.1 Å². The first kappa shape index (κ1) is 14.7. The number of carbonyl (C=O) groups is 2. The molecule has 108 valence electrons. The monoisotopic (exact) mass is 304 g/mol. The first-order valence-electron chi connectivity index (χ1n) is 5.90. The van der Waals surface area contributed by atoms with E-state index in [0.717, 1.165) is 16.9 Å². The number of nitrogens with zero attached hydrogens (tertiary/aromatic N) is 1.